The van der Waals surface area contributed by atoms with Crippen LogP contribution in [0.25, 0.3) is 0 Å². The van der Waals surface area contributed by atoms with Crippen LogP contribution in [0.15, 0.2) is 5.38 Å². The van der Waals surface area contributed by atoms with E-state index >= 15 is 0 Å². The minimum atomic E-state index is -3.35. The number of hydrogen-bond donors (Lipinski definition) is 2. The van der Waals surface area contributed by atoms with Crippen molar-refractivity contribution in [1.29, 1.82) is 0 Å². The lowest BCUT2D eigenvalue weighted by molar-refractivity contribution is -0.130. The molecule has 9 heteroatoms. The number of thiazole rings is 1. The number of nitrogens with one attached hydrogen (secondary N) is 1. The zero-order valence-electron chi connectivity index (χ0n) is 11.3. The summed E-state index contributed by atoms with van der Waals surface area (Å²) in [7, 11) is -3.35. The van der Waals surface area contributed by atoms with Gasteiger partial charge in [0, 0.05) is 18.5 Å². The average molecular weight is 319 g/mol. The summed E-state index contributed by atoms with van der Waals surface area (Å²) in [5, 5.41) is 11.7. The summed E-state index contributed by atoms with van der Waals surface area (Å²) in [5.41, 5.74) is -0.293. The quantitative estimate of drug-likeness (QED) is 0.816. The van der Waals surface area contributed by atoms with Crippen molar-refractivity contribution in [3.63, 3.8) is 0 Å². The summed E-state index contributed by atoms with van der Waals surface area (Å²) in [6.45, 7) is 2.56. The van der Waals surface area contributed by atoms with Crippen LogP contribution in [0.5, 0.6) is 0 Å². The molecule has 20 heavy (non-hydrogen) atoms. The van der Waals surface area contributed by atoms with Crippen LogP contribution < -0.4 is 4.72 Å². The molecule has 1 aromatic heterocycles. The van der Waals surface area contributed by atoms with Crippen LogP contribution in [0, 0.1) is 0 Å². The van der Waals surface area contributed by atoms with E-state index in [2.05, 4.69) is 9.71 Å². The van der Waals surface area contributed by atoms with Crippen molar-refractivity contribution in [2.75, 3.05) is 24.1 Å². The van der Waals surface area contributed by atoms with E-state index in [-0.39, 0.29) is 17.5 Å². The number of carbonyl (C=O) groups excluding carboxylic acids is 1. The summed E-state index contributed by atoms with van der Waals surface area (Å²) in [6, 6.07) is 0. The normalized spacial score (nSPS) is 23.1. The first-order valence-corrected chi connectivity index (χ1v) is 8.84. The summed E-state index contributed by atoms with van der Waals surface area (Å²) < 4.78 is 24.4. The lowest BCUT2D eigenvalue weighted by Gasteiger charge is -2.18. The fourth-order valence-corrected chi connectivity index (χ4v) is 3.58. The summed E-state index contributed by atoms with van der Waals surface area (Å²) >= 11 is 1.14. The molecule has 1 unspecified atom stereocenters. The van der Waals surface area contributed by atoms with Crippen LogP contribution in [0.4, 0.5) is 5.13 Å². The number of sulfonamides is 1. The lowest BCUT2D eigenvalue weighted by Crippen LogP contribution is -2.34. The van der Waals surface area contributed by atoms with E-state index in [9.17, 15) is 18.3 Å². The van der Waals surface area contributed by atoms with Crippen molar-refractivity contribution in [3.05, 3.63) is 11.1 Å². The molecule has 0 spiro atoms. The van der Waals surface area contributed by atoms with Gasteiger partial charge in [-0.25, -0.2) is 13.4 Å². The molecule has 2 heterocycles. The predicted molar refractivity (Wildman–Crippen MR) is 76.1 cm³/mol. The Hall–Kier alpha value is -1.19. The fraction of sp³-hybridized carbons (Fsp3) is 0.636. The second kappa shape index (κ2) is 5.30. The monoisotopic (exact) mass is 319 g/mol. The van der Waals surface area contributed by atoms with Gasteiger partial charge in [-0.1, -0.05) is 0 Å². The molecule has 2 rings (SSSR count). The Morgan fingerprint density at radius 3 is 2.90 bits per heavy atom. The van der Waals surface area contributed by atoms with Gasteiger partial charge in [0.1, 0.15) is 0 Å². The number of anilines is 1. The first kappa shape index (κ1) is 15.2. The van der Waals surface area contributed by atoms with Crippen molar-refractivity contribution in [3.8, 4) is 0 Å². The van der Waals surface area contributed by atoms with E-state index in [1.807, 2.05) is 0 Å². The Kier molecular flexibility index (Phi) is 4.03. The van der Waals surface area contributed by atoms with Crippen molar-refractivity contribution >= 4 is 32.4 Å². The molecular weight excluding hydrogens is 302 g/mol. The van der Waals surface area contributed by atoms with E-state index in [4.69, 9.17) is 0 Å². The molecule has 1 saturated heterocycles. The van der Waals surface area contributed by atoms with Crippen molar-refractivity contribution in [1.82, 2.24) is 9.88 Å². The second-order valence-electron chi connectivity index (χ2n) is 5.26. The third-order valence-corrected chi connectivity index (χ3v) is 4.46. The highest BCUT2D eigenvalue weighted by Crippen LogP contribution is 2.22. The van der Waals surface area contributed by atoms with Gasteiger partial charge in [0.25, 0.3) is 0 Å². The predicted octanol–water partition coefficient (Wildman–Crippen LogP) is 0.0404. The number of β-amino-alcohol motifs (C(OH)–C–C–N with tert-alkyl or cyclic N) is 1. The van der Waals surface area contributed by atoms with Crippen LogP contribution >= 0.6 is 11.3 Å². The third kappa shape index (κ3) is 4.15. The van der Waals surface area contributed by atoms with Gasteiger partial charge in [0.05, 0.1) is 24.0 Å². The highest BCUT2D eigenvalue weighted by atomic mass is 32.2. The van der Waals surface area contributed by atoms with Crippen LogP contribution in [0.3, 0.4) is 0 Å². The number of aliphatic hydroxyl groups is 1. The zero-order chi connectivity index (χ0) is 15.0. The third-order valence-electron chi connectivity index (χ3n) is 2.96. The number of amides is 1. The Morgan fingerprint density at radius 2 is 2.35 bits per heavy atom. The van der Waals surface area contributed by atoms with E-state index in [1.165, 1.54) is 0 Å². The van der Waals surface area contributed by atoms with E-state index in [0.717, 1.165) is 17.6 Å². The molecule has 2 N–H and O–H groups in total. The maximum Gasteiger partial charge on any atom is 0.231 e. The SMILES string of the molecule is CC1(O)CCN(C(=O)Cc2csc(NS(C)(=O)=O)n2)C1. The molecule has 1 atom stereocenters. The number of rotatable bonds is 4. The standard InChI is InChI=1S/C11H17N3O4S2/c1-11(16)3-4-14(7-11)9(15)5-8-6-19-10(12-8)13-20(2,17)18/h6,16H,3-5,7H2,1-2H3,(H,12,13). The van der Waals surface area contributed by atoms with Gasteiger partial charge in [-0.05, 0) is 13.3 Å². The van der Waals surface area contributed by atoms with E-state index in [0.29, 0.717) is 25.2 Å². The van der Waals surface area contributed by atoms with Crippen molar-refractivity contribution < 1.29 is 18.3 Å². The van der Waals surface area contributed by atoms with Crippen molar-refractivity contribution in [2.24, 2.45) is 0 Å². The maximum atomic E-state index is 12.0. The smallest absolute Gasteiger partial charge is 0.231 e. The molecule has 0 radical (unpaired) electrons. The molecule has 1 aromatic rings. The highest BCUT2D eigenvalue weighted by Gasteiger charge is 2.33. The van der Waals surface area contributed by atoms with Gasteiger partial charge in [-0.2, -0.15) is 0 Å². The largest absolute Gasteiger partial charge is 0.388 e. The average Bonchev–Trinajstić information content (AvgIpc) is 2.83. The van der Waals surface area contributed by atoms with Gasteiger partial charge in [0.2, 0.25) is 15.9 Å². The molecule has 112 valence electrons. The second-order valence-corrected chi connectivity index (χ2v) is 7.86. The molecule has 0 bridgehead atoms. The molecule has 0 saturated carbocycles. The fourth-order valence-electron chi connectivity index (χ4n) is 2.02. The minimum absolute atomic E-state index is 0.109. The molecule has 0 aromatic carbocycles. The van der Waals surface area contributed by atoms with Crippen LogP contribution in [-0.2, 0) is 21.2 Å². The summed E-state index contributed by atoms with van der Waals surface area (Å²) in [5.74, 6) is -0.112. The van der Waals surface area contributed by atoms with Crippen molar-refractivity contribution in [2.45, 2.75) is 25.4 Å². The van der Waals surface area contributed by atoms with Gasteiger partial charge < -0.3 is 10.0 Å². The zero-order valence-corrected chi connectivity index (χ0v) is 12.9. The molecule has 1 aliphatic heterocycles. The Bertz CT molecular complexity index is 609. The molecule has 1 aliphatic rings. The Morgan fingerprint density at radius 1 is 1.65 bits per heavy atom. The Balaban J connectivity index is 1.96. The van der Waals surface area contributed by atoms with E-state index in [1.54, 1.807) is 17.2 Å². The van der Waals surface area contributed by atoms with Crippen LogP contribution in [0.1, 0.15) is 19.0 Å². The molecule has 0 aliphatic carbocycles. The first-order chi connectivity index (χ1) is 9.15. The molecule has 1 fully saturated rings. The van der Waals surface area contributed by atoms with Gasteiger partial charge in [-0.15, -0.1) is 11.3 Å². The summed E-state index contributed by atoms with van der Waals surface area (Å²) in [4.78, 5) is 17.7. The number of carbonyl (C=O) groups is 1. The lowest BCUT2D eigenvalue weighted by atomic mass is 10.1. The molecular formula is C11H17N3O4S2. The minimum Gasteiger partial charge on any atom is -0.388 e. The highest BCUT2D eigenvalue weighted by molar-refractivity contribution is 7.92. The van der Waals surface area contributed by atoms with Gasteiger partial charge >= 0.3 is 0 Å². The summed E-state index contributed by atoms with van der Waals surface area (Å²) in [6.07, 6.45) is 1.72. The topological polar surface area (TPSA) is 99.6 Å². The van der Waals surface area contributed by atoms with Crippen LogP contribution in [0.2, 0.25) is 0 Å². The number of hydrogen-bond acceptors (Lipinski definition) is 6. The van der Waals surface area contributed by atoms with Gasteiger partial charge in [-0.3, -0.25) is 9.52 Å². The number of aromatic nitrogens is 1. The van der Waals surface area contributed by atoms with E-state index < -0.39 is 15.6 Å². The maximum absolute atomic E-state index is 12.0. The number of likely N-dealkylation sites (tertiary alicyclic amines) is 1. The molecule has 1 amide bonds. The number of nitrogens with zero attached hydrogens (tertiary/aromatic N) is 2. The van der Waals surface area contributed by atoms with Gasteiger partial charge in [0.15, 0.2) is 5.13 Å². The van der Waals surface area contributed by atoms with Crippen LogP contribution in [-0.4, -0.2) is 54.3 Å². The Labute approximate surface area is 121 Å². The first-order valence-electron chi connectivity index (χ1n) is 6.07. The molecule has 7 nitrogen and oxygen atoms in total.